The Kier molecular flexibility index (Phi) is 2.62. The number of rotatable bonds is 1. The number of aromatic amines is 1. The van der Waals surface area contributed by atoms with Crippen LogP contribution in [0.5, 0.6) is 0 Å². The van der Waals surface area contributed by atoms with Crippen LogP contribution in [-0.4, -0.2) is 16.9 Å². The molecule has 3 nitrogen and oxygen atoms in total. The standard InChI is InChI=1S/C15H18N2O/c1-9-3-6-14-13(7-9)12-5-4-11(16-10(2)18)8-15(12)17-14/h3,6-7,11,17H,4-5,8H2,1-2H3,(H,16,18). The number of carbonyl (C=O) groups is 1. The molecule has 3 rings (SSSR count). The zero-order valence-corrected chi connectivity index (χ0v) is 10.8. The van der Waals surface area contributed by atoms with Gasteiger partial charge in [-0.05, 0) is 37.5 Å². The average molecular weight is 242 g/mol. The van der Waals surface area contributed by atoms with Gasteiger partial charge in [0.05, 0.1) is 0 Å². The molecular weight excluding hydrogens is 224 g/mol. The summed E-state index contributed by atoms with van der Waals surface area (Å²) in [5.41, 5.74) is 5.25. The third-order valence-corrected chi connectivity index (χ3v) is 3.75. The van der Waals surface area contributed by atoms with Crippen LogP contribution in [-0.2, 0) is 17.6 Å². The van der Waals surface area contributed by atoms with Gasteiger partial charge in [-0.15, -0.1) is 0 Å². The summed E-state index contributed by atoms with van der Waals surface area (Å²) in [4.78, 5) is 14.6. The van der Waals surface area contributed by atoms with E-state index in [9.17, 15) is 4.79 Å². The number of hydrogen-bond donors (Lipinski definition) is 2. The fraction of sp³-hybridized carbons (Fsp3) is 0.400. The van der Waals surface area contributed by atoms with E-state index < -0.39 is 0 Å². The molecule has 3 heteroatoms. The van der Waals surface area contributed by atoms with Crippen molar-refractivity contribution in [1.82, 2.24) is 10.3 Å². The molecule has 0 saturated carbocycles. The predicted octanol–water partition coefficient (Wildman–Crippen LogP) is 2.47. The second-order valence-electron chi connectivity index (χ2n) is 5.27. The molecule has 1 atom stereocenters. The molecule has 1 aliphatic carbocycles. The lowest BCUT2D eigenvalue weighted by Gasteiger charge is -2.22. The van der Waals surface area contributed by atoms with Gasteiger partial charge in [0.1, 0.15) is 0 Å². The molecule has 0 radical (unpaired) electrons. The van der Waals surface area contributed by atoms with Crippen LogP contribution in [0, 0.1) is 6.92 Å². The van der Waals surface area contributed by atoms with Gasteiger partial charge in [0.2, 0.25) is 5.91 Å². The number of fused-ring (bicyclic) bond motifs is 3. The molecule has 1 aromatic heterocycles. The molecule has 0 saturated heterocycles. The first-order valence-electron chi connectivity index (χ1n) is 6.50. The molecule has 0 aliphatic heterocycles. The van der Waals surface area contributed by atoms with Gasteiger partial charge in [-0.3, -0.25) is 4.79 Å². The minimum atomic E-state index is 0.0652. The number of aromatic nitrogens is 1. The number of nitrogens with one attached hydrogen (secondary N) is 2. The normalized spacial score (nSPS) is 18.7. The van der Waals surface area contributed by atoms with E-state index in [4.69, 9.17) is 0 Å². The summed E-state index contributed by atoms with van der Waals surface area (Å²) < 4.78 is 0. The van der Waals surface area contributed by atoms with Gasteiger partial charge in [0.15, 0.2) is 0 Å². The maximum absolute atomic E-state index is 11.1. The van der Waals surface area contributed by atoms with Gasteiger partial charge in [0.25, 0.3) is 0 Å². The summed E-state index contributed by atoms with van der Waals surface area (Å²) in [6.07, 6.45) is 3.00. The molecule has 18 heavy (non-hydrogen) atoms. The van der Waals surface area contributed by atoms with Gasteiger partial charge in [-0.2, -0.15) is 0 Å². The second-order valence-corrected chi connectivity index (χ2v) is 5.27. The van der Waals surface area contributed by atoms with Crippen LogP contribution in [0.25, 0.3) is 10.9 Å². The van der Waals surface area contributed by atoms with Crippen LogP contribution in [0.15, 0.2) is 18.2 Å². The summed E-state index contributed by atoms with van der Waals surface area (Å²) in [5.74, 6) is 0.0652. The van der Waals surface area contributed by atoms with Crippen molar-refractivity contribution in [2.75, 3.05) is 0 Å². The van der Waals surface area contributed by atoms with E-state index in [2.05, 4.69) is 35.4 Å². The highest BCUT2D eigenvalue weighted by atomic mass is 16.1. The Hall–Kier alpha value is -1.77. The lowest BCUT2D eigenvalue weighted by molar-refractivity contribution is -0.119. The number of carbonyl (C=O) groups excluding carboxylic acids is 1. The molecule has 0 bridgehead atoms. The number of amides is 1. The van der Waals surface area contributed by atoms with E-state index in [0.29, 0.717) is 0 Å². The topological polar surface area (TPSA) is 44.9 Å². The molecule has 1 unspecified atom stereocenters. The highest BCUT2D eigenvalue weighted by Gasteiger charge is 2.22. The monoisotopic (exact) mass is 242 g/mol. The van der Waals surface area contributed by atoms with Crippen molar-refractivity contribution < 1.29 is 4.79 Å². The van der Waals surface area contributed by atoms with Crippen LogP contribution < -0.4 is 5.32 Å². The van der Waals surface area contributed by atoms with E-state index >= 15 is 0 Å². The van der Waals surface area contributed by atoms with Crippen molar-refractivity contribution >= 4 is 16.8 Å². The Morgan fingerprint density at radius 3 is 3.06 bits per heavy atom. The maximum Gasteiger partial charge on any atom is 0.217 e. The Bertz CT molecular complexity index is 612. The van der Waals surface area contributed by atoms with E-state index in [0.717, 1.165) is 19.3 Å². The zero-order chi connectivity index (χ0) is 12.7. The lowest BCUT2D eigenvalue weighted by Crippen LogP contribution is -2.37. The van der Waals surface area contributed by atoms with Gasteiger partial charge < -0.3 is 10.3 Å². The number of hydrogen-bond acceptors (Lipinski definition) is 1. The molecule has 0 fully saturated rings. The number of H-pyrrole nitrogens is 1. The summed E-state index contributed by atoms with van der Waals surface area (Å²) in [5, 5.41) is 4.37. The Labute approximate surface area is 107 Å². The Balaban J connectivity index is 1.97. The van der Waals surface area contributed by atoms with Crippen molar-refractivity contribution in [1.29, 1.82) is 0 Å². The fourth-order valence-electron chi connectivity index (χ4n) is 2.95. The van der Waals surface area contributed by atoms with E-state index in [-0.39, 0.29) is 11.9 Å². The van der Waals surface area contributed by atoms with Crippen molar-refractivity contribution in [3.8, 4) is 0 Å². The highest BCUT2D eigenvalue weighted by molar-refractivity contribution is 5.85. The molecular formula is C15H18N2O. The predicted molar refractivity (Wildman–Crippen MR) is 72.7 cm³/mol. The average Bonchev–Trinajstić information content (AvgIpc) is 2.65. The van der Waals surface area contributed by atoms with Crippen LogP contribution >= 0.6 is 0 Å². The Morgan fingerprint density at radius 2 is 2.28 bits per heavy atom. The minimum Gasteiger partial charge on any atom is -0.358 e. The minimum absolute atomic E-state index is 0.0652. The maximum atomic E-state index is 11.1. The molecule has 1 aliphatic rings. The summed E-state index contributed by atoms with van der Waals surface area (Å²) >= 11 is 0. The smallest absolute Gasteiger partial charge is 0.217 e. The van der Waals surface area contributed by atoms with Crippen molar-refractivity contribution in [3.63, 3.8) is 0 Å². The van der Waals surface area contributed by atoms with Gasteiger partial charge in [-0.1, -0.05) is 11.6 Å². The summed E-state index contributed by atoms with van der Waals surface area (Å²) in [6.45, 7) is 3.71. The second kappa shape index (κ2) is 4.16. The van der Waals surface area contributed by atoms with E-state index in [1.54, 1.807) is 6.92 Å². The largest absolute Gasteiger partial charge is 0.358 e. The first-order chi connectivity index (χ1) is 8.63. The van der Waals surface area contributed by atoms with Crippen molar-refractivity contribution in [2.45, 2.75) is 39.2 Å². The van der Waals surface area contributed by atoms with Gasteiger partial charge >= 0.3 is 0 Å². The molecule has 1 aromatic carbocycles. The van der Waals surface area contributed by atoms with E-state index in [1.807, 2.05) is 0 Å². The highest BCUT2D eigenvalue weighted by Crippen LogP contribution is 2.29. The quantitative estimate of drug-likeness (QED) is 0.792. The molecule has 94 valence electrons. The zero-order valence-electron chi connectivity index (χ0n) is 10.8. The van der Waals surface area contributed by atoms with Crippen LogP contribution in [0.2, 0.25) is 0 Å². The molecule has 1 amide bonds. The first kappa shape index (κ1) is 11.3. The molecule has 2 N–H and O–H groups in total. The van der Waals surface area contributed by atoms with Gasteiger partial charge in [-0.25, -0.2) is 0 Å². The van der Waals surface area contributed by atoms with Crippen molar-refractivity contribution in [2.24, 2.45) is 0 Å². The first-order valence-corrected chi connectivity index (χ1v) is 6.50. The third kappa shape index (κ3) is 1.90. The summed E-state index contributed by atoms with van der Waals surface area (Å²) in [7, 11) is 0. The fourth-order valence-corrected chi connectivity index (χ4v) is 2.95. The van der Waals surface area contributed by atoms with Crippen LogP contribution in [0.4, 0.5) is 0 Å². The van der Waals surface area contributed by atoms with Crippen LogP contribution in [0.3, 0.4) is 0 Å². The van der Waals surface area contributed by atoms with E-state index in [1.165, 1.54) is 27.7 Å². The summed E-state index contributed by atoms with van der Waals surface area (Å²) in [6, 6.07) is 6.82. The van der Waals surface area contributed by atoms with Crippen LogP contribution in [0.1, 0.15) is 30.2 Å². The Morgan fingerprint density at radius 1 is 1.44 bits per heavy atom. The third-order valence-electron chi connectivity index (χ3n) is 3.75. The number of aryl methyl sites for hydroxylation is 2. The molecule has 1 heterocycles. The number of benzene rings is 1. The molecule has 0 spiro atoms. The lowest BCUT2D eigenvalue weighted by atomic mass is 9.91. The SMILES string of the molecule is CC(=O)NC1CCc2c([nH]c3ccc(C)cc23)C1. The van der Waals surface area contributed by atoms with Crippen molar-refractivity contribution in [3.05, 3.63) is 35.0 Å². The van der Waals surface area contributed by atoms with Gasteiger partial charge in [0, 0.05) is 36.0 Å². The molecule has 2 aromatic rings.